The van der Waals surface area contributed by atoms with Gasteiger partial charge < -0.3 is 0 Å². The van der Waals surface area contributed by atoms with Gasteiger partial charge in [0, 0.05) is 5.75 Å². The highest BCUT2D eigenvalue weighted by atomic mass is 32.2. The van der Waals surface area contributed by atoms with Crippen molar-refractivity contribution in [3.63, 3.8) is 0 Å². The van der Waals surface area contributed by atoms with Crippen molar-refractivity contribution in [2.24, 2.45) is 5.41 Å². The van der Waals surface area contributed by atoms with Crippen molar-refractivity contribution in [2.45, 2.75) is 27.7 Å². The van der Waals surface area contributed by atoms with E-state index >= 15 is 0 Å². The molecule has 0 atom stereocenters. The van der Waals surface area contributed by atoms with Gasteiger partial charge in [0.25, 0.3) is 0 Å². The first-order valence-corrected chi connectivity index (χ1v) is 4.70. The van der Waals surface area contributed by atoms with Crippen LogP contribution in [-0.4, -0.2) is 5.75 Å². The van der Waals surface area contributed by atoms with E-state index in [0.717, 1.165) is 5.75 Å². The first-order valence-electron chi connectivity index (χ1n) is 3.71. The molecule has 0 radical (unpaired) electrons. The highest BCUT2D eigenvalue weighted by Gasteiger charge is 2.09. The van der Waals surface area contributed by atoms with Crippen LogP contribution in [0.1, 0.15) is 27.7 Å². The molecule has 0 aliphatic heterocycles. The van der Waals surface area contributed by atoms with E-state index in [0.29, 0.717) is 5.41 Å². The molecular formula is C10H16S. The molecule has 0 saturated heterocycles. The van der Waals surface area contributed by atoms with E-state index < -0.39 is 0 Å². The normalized spacial score (nSPS) is 12.8. The number of terminal acetylenes is 1. The number of allylic oxidation sites excluding steroid dienone is 2. The first-order chi connectivity index (χ1) is 4.95. The Hall–Kier alpha value is -0.350. The molecule has 0 heterocycles. The Labute approximate surface area is 74.5 Å². The maximum Gasteiger partial charge on any atom is 0.00257 e. The van der Waals surface area contributed by atoms with Crippen molar-refractivity contribution in [1.82, 2.24) is 0 Å². The molecule has 62 valence electrons. The van der Waals surface area contributed by atoms with Crippen LogP contribution in [0.15, 0.2) is 11.0 Å². The molecule has 0 aliphatic rings. The summed E-state index contributed by atoms with van der Waals surface area (Å²) in [6, 6.07) is 0. The Balaban J connectivity index is 3.74. The van der Waals surface area contributed by atoms with Gasteiger partial charge in [0.2, 0.25) is 0 Å². The highest BCUT2D eigenvalue weighted by Crippen LogP contribution is 2.25. The lowest BCUT2D eigenvalue weighted by Crippen LogP contribution is -2.07. The van der Waals surface area contributed by atoms with Crippen molar-refractivity contribution in [3.8, 4) is 12.3 Å². The molecule has 0 saturated carbocycles. The van der Waals surface area contributed by atoms with Crippen molar-refractivity contribution in [1.29, 1.82) is 0 Å². The Bertz CT molecular complexity index is 176. The second-order valence-corrected chi connectivity index (χ2v) is 4.99. The SMILES string of the molecule is C#C/C=C(/C)SCC(C)(C)C. The van der Waals surface area contributed by atoms with Crippen molar-refractivity contribution in [2.75, 3.05) is 5.75 Å². The van der Waals surface area contributed by atoms with E-state index in [1.807, 2.05) is 17.8 Å². The zero-order valence-electron chi connectivity index (χ0n) is 7.77. The van der Waals surface area contributed by atoms with E-state index in [1.165, 1.54) is 4.91 Å². The zero-order valence-corrected chi connectivity index (χ0v) is 8.59. The molecular weight excluding hydrogens is 152 g/mol. The van der Waals surface area contributed by atoms with Gasteiger partial charge in [-0.3, -0.25) is 0 Å². The lowest BCUT2D eigenvalue weighted by atomic mass is 10.0. The third-order valence-corrected chi connectivity index (χ3v) is 2.60. The highest BCUT2D eigenvalue weighted by molar-refractivity contribution is 8.03. The van der Waals surface area contributed by atoms with Gasteiger partial charge in [-0.25, -0.2) is 0 Å². The van der Waals surface area contributed by atoms with Crippen molar-refractivity contribution >= 4 is 11.8 Å². The third-order valence-electron chi connectivity index (χ3n) is 1.02. The second kappa shape index (κ2) is 4.51. The molecule has 0 aromatic heterocycles. The van der Waals surface area contributed by atoms with Gasteiger partial charge in [0.15, 0.2) is 0 Å². The van der Waals surface area contributed by atoms with E-state index in [2.05, 4.69) is 33.6 Å². The zero-order chi connectivity index (χ0) is 8.91. The molecule has 0 spiro atoms. The minimum absolute atomic E-state index is 0.383. The molecule has 0 N–H and O–H groups in total. The topological polar surface area (TPSA) is 0 Å². The molecule has 0 unspecified atom stereocenters. The minimum atomic E-state index is 0.383. The largest absolute Gasteiger partial charge is 0.130 e. The van der Waals surface area contributed by atoms with Crippen LogP contribution in [0.2, 0.25) is 0 Å². The van der Waals surface area contributed by atoms with Gasteiger partial charge in [-0.1, -0.05) is 26.7 Å². The van der Waals surface area contributed by atoms with Crippen LogP contribution in [0.3, 0.4) is 0 Å². The molecule has 0 aliphatic carbocycles. The lowest BCUT2D eigenvalue weighted by molar-refractivity contribution is 0.481. The Morgan fingerprint density at radius 1 is 1.55 bits per heavy atom. The average molecular weight is 168 g/mol. The summed E-state index contributed by atoms with van der Waals surface area (Å²) in [5, 5.41) is 0. The summed E-state index contributed by atoms with van der Waals surface area (Å²) in [5.74, 6) is 3.64. The summed E-state index contributed by atoms with van der Waals surface area (Å²) < 4.78 is 0. The van der Waals surface area contributed by atoms with Crippen LogP contribution in [-0.2, 0) is 0 Å². The smallest absolute Gasteiger partial charge is 0.00257 e. The number of hydrogen-bond donors (Lipinski definition) is 0. The predicted molar refractivity (Wildman–Crippen MR) is 54.5 cm³/mol. The summed E-state index contributed by atoms with van der Waals surface area (Å²) >= 11 is 1.83. The predicted octanol–water partition coefficient (Wildman–Crippen LogP) is 3.30. The van der Waals surface area contributed by atoms with Crippen LogP contribution in [0.5, 0.6) is 0 Å². The lowest BCUT2D eigenvalue weighted by Gasteiger charge is -2.16. The number of hydrogen-bond acceptors (Lipinski definition) is 1. The van der Waals surface area contributed by atoms with Gasteiger partial charge in [0.1, 0.15) is 0 Å². The molecule has 0 bridgehead atoms. The molecule has 0 fully saturated rings. The van der Waals surface area contributed by atoms with Gasteiger partial charge in [-0.05, 0) is 23.3 Å². The van der Waals surface area contributed by atoms with Crippen LogP contribution in [0.25, 0.3) is 0 Å². The Morgan fingerprint density at radius 3 is 2.45 bits per heavy atom. The maximum atomic E-state index is 5.13. The van der Waals surface area contributed by atoms with Crippen LogP contribution >= 0.6 is 11.8 Å². The number of rotatable bonds is 2. The van der Waals surface area contributed by atoms with Gasteiger partial charge >= 0.3 is 0 Å². The molecule has 11 heavy (non-hydrogen) atoms. The number of thioether (sulfide) groups is 1. The molecule has 0 nitrogen and oxygen atoms in total. The Kier molecular flexibility index (Phi) is 4.37. The fourth-order valence-corrected chi connectivity index (χ4v) is 1.30. The first kappa shape index (κ1) is 10.7. The van der Waals surface area contributed by atoms with Crippen LogP contribution in [0.4, 0.5) is 0 Å². The maximum absolute atomic E-state index is 5.13. The van der Waals surface area contributed by atoms with Crippen molar-refractivity contribution < 1.29 is 0 Å². The summed E-state index contributed by atoms with van der Waals surface area (Å²) in [6.45, 7) is 8.73. The second-order valence-electron chi connectivity index (χ2n) is 3.77. The van der Waals surface area contributed by atoms with Crippen molar-refractivity contribution in [3.05, 3.63) is 11.0 Å². The fraction of sp³-hybridized carbons (Fsp3) is 0.600. The fourth-order valence-electron chi connectivity index (χ4n) is 0.489. The molecule has 0 aromatic rings. The third kappa shape index (κ3) is 7.55. The van der Waals surface area contributed by atoms with E-state index in [4.69, 9.17) is 6.42 Å². The average Bonchev–Trinajstić information content (AvgIpc) is 1.83. The van der Waals surface area contributed by atoms with Gasteiger partial charge in [0.05, 0.1) is 0 Å². The summed E-state index contributed by atoms with van der Waals surface area (Å²) in [4.78, 5) is 1.22. The van der Waals surface area contributed by atoms with Gasteiger partial charge in [-0.2, -0.15) is 0 Å². The van der Waals surface area contributed by atoms with Crippen LogP contribution in [0, 0.1) is 17.8 Å². The monoisotopic (exact) mass is 168 g/mol. The summed E-state index contributed by atoms with van der Waals surface area (Å²) in [6.07, 6.45) is 6.94. The van der Waals surface area contributed by atoms with Crippen LogP contribution < -0.4 is 0 Å². The standard InChI is InChI=1S/C10H16S/c1-6-7-9(2)11-8-10(3,4)5/h1,7H,8H2,2-5H3/b9-7-. The molecule has 0 amide bonds. The Morgan fingerprint density at radius 2 is 2.09 bits per heavy atom. The summed E-state index contributed by atoms with van der Waals surface area (Å²) in [5.41, 5.74) is 0.383. The van der Waals surface area contributed by atoms with E-state index in [-0.39, 0.29) is 0 Å². The minimum Gasteiger partial charge on any atom is -0.130 e. The molecule has 1 heteroatoms. The van der Waals surface area contributed by atoms with E-state index in [1.54, 1.807) is 0 Å². The van der Waals surface area contributed by atoms with Gasteiger partial charge in [-0.15, -0.1) is 18.2 Å². The van der Waals surface area contributed by atoms with E-state index in [9.17, 15) is 0 Å². The quantitative estimate of drug-likeness (QED) is 0.570. The molecule has 0 aromatic carbocycles. The summed E-state index contributed by atoms with van der Waals surface area (Å²) in [7, 11) is 0. The molecule has 0 rings (SSSR count).